The first-order valence-electron chi connectivity index (χ1n) is 5.41. The van der Waals surface area contributed by atoms with Crippen molar-refractivity contribution in [3.8, 4) is 11.8 Å². The summed E-state index contributed by atoms with van der Waals surface area (Å²) in [7, 11) is 0. The predicted molar refractivity (Wildman–Crippen MR) is 70.7 cm³/mol. The van der Waals surface area contributed by atoms with Gasteiger partial charge < -0.3 is 10.4 Å². The number of carboxylic acids is 1. The van der Waals surface area contributed by atoms with Crippen LogP contribution in [0.3, 0.4) is 0 Å². The summed E-state index contributed by atoms with van der Waals surface area (Å²) in [5.41, 5.74) is 2.51. The van der Waals surface area contributed by atoms with E-state index in [0.717, 1.165) is 11.4 Å². The molecule has 2 N–H and O–H groups in total. The summed E-state index contributed by atoms with van der Waals surface area (Å²) in [5, 5.41) is 11.7. The molecule has 0 radical (unpaired) electrons. The third-order valence-electron chi connectivity index (χ3n) is 2.24. The highest BCUT2D eigenvalue weighted by Gasteiger charge is 1.95. The lowest BCUT2D eigenvalue weighted by Gasteiger charge is -2.06. The van der Waals surface area contributed by atoms with Crippen molar-refractivity contribution in [3.63, 3.8) is 0 Å². The molecule has 0 aromatic heterocycles. The fourth-order valence-electron chi connectivity index (χ4n) is 1.49. The minimum absolute atomic E-state index is 0.665. The molecule has 0 atom stereocenters. The van der Waals surface area contributed by atoms with Crippen LogP contribution in [0.2, 0.25) is 0 Å². The summed E-state index contributed by atoms with van der Waals surface area (Å²) in [6.07, 6.45) is 0. The van der Waals surface area contributed by atoms with Gasteiger partial charge in [0, 0.05) is 22.9 Å². The molecule has 0 unspecified atom stereocenters. The van der Waals surface area contributed by atoms with Gasteiger partial charge >= 0.3 is 5.97 Å². The number of nitrogens with one attached hydrogen (secondary N) is 1. The molecule has 2 aromatic rings. The Morgan fingerprint density at radius 1 is 1.00 bits per heavy atom. The Morgan fingerprint density at radius 2 is 1.72 bits per heavy atom. The molecule has 88 valence electrons. The van der Waals surface area contributed by atoms with Gasteiger partial charge in [0.15, 0.2) is 0 Å². The van der Waals surface area contributed by atoms with Crippen LogP contribution >= 0.6 is 0 Å². The van der Waals surface area contributed by atoms with E-state index >= 15 is 0 Å². The van der Waals surface area contributed by atoms with E-state index in [2.05, 4.69) is 17.2 Å². The number of carboxylic acid groups (broad SMARTS) is 1. The zero-order valence-corrected chi connectivity index (χ0v) is 9.55. The molecule has 0 bridgehead atoms. The van der Waals surface area contributed by atoms with Gasteiger partial charge in [0.25, 0.3) is 0 Å². The Balaban J connectivity index is 2.18. The molecule has 0 saturated heterocycles. The van der Waals surface area contributed by atoms with E-state index in [9.17, 15) is 4.79 Å². The molecule has 0 aliphatic heterocycles. The number of anilines is 2. The quantitative estimate of drug-likeness (QED) is 0.789. The molecule has 0 saturated carbocycles. The number of hydrogen-bond acceptors (Lipinski definition) is 2. The third-order valence-corrected chi connectivity index (χ3v) is 2.24. The maximum atomic E-state index is 10.4. The van der Waals surface area contributed by atoms with Crippen LogP contribution in [0.25, 0.3) is 0 Å². The van der Waals surface area contributed by atoms with Crippen molar-refractivity contribution in [2.45, 2.75) is 0 Å². The first-order valence-corrected chi connectivity index (χ1v) is 5.41. The fraction of sp³-hybridized carbons (Fsp3) is 0. The Labute approximate surface area is 105 Å². The molecule has 3 heteroatoms. The number of benzene rings is 2. The van der Waals surface area contributed by atoms with Crippen molar-refractivity contribution in [2.75, 3.05) is 5.32 Å². The number of para-hydroxylation sites is 1. The minimum atomic E-state index is -1.13. The average molecular weight is 237 g/mol. The summed E-state index contributed by atoms with van der Waals surface area (Å²) >= 11 is 0. The lowest BCUT2D eigenvalue weighted by Crippen LogP contribution is -1.91. The summed E-state index contributed by atoms with van der Waals surface area (Å²) in [6.45, 7) is 0. The molecule has 0 spiro atoms. The average Bonchev–Trinajstić information content (AvgIpc) is 2.38. The van der Waals surface area contributed by atoms with Gasteiger partial charge in [-0.1, -0.05) is 30.2 Å². The Morgan fingerprint density at radius 3 is 2.44 bits per heavy atom. The van der Waals surface area contributed by atoms with Crippen molar-refractivity contribution in [1.29, 1.82) is 0 Å². The van der Waals surface area contributed by atoms with Crippen molar-refractivity contribution in [2.24, 2.45) is 0 Å². The number of carbonyl (C=O) groups is 1. The van der Waals surface area contributed by atoms with Crippen LogP contribution in [0.5, 0.6) is 0 Å². The third kappa shape index (κ3) is 3.39. The van der Waals surface area contributed by atoms with Gasteiger partial charge in [0.2, 0.25) is 0 Å². The summed E-state index contributed by atoms with van der Waals surface area (Å²) < 4.78 is 0. The van der Waals surface area contributed by atoms with E-state index in [-0.39, 0.29) is 0 Å². The first kappa shape index (κ1) is 11.7. The lowest BCUT2D eigenvalue weighted by molar-refractivity contribution is -0.130. The van der Waals surface area contributed by atoms with Crippen LogP contribution < -0.4 is 5.32 Å². The van der Waals surface area contributed by atoms with Crippen LogP contribution in [-0.2, 0) is 4.79 Å². The molecule has 3 nitrogen and oxygen atoms in total. The Hall–Kier alpha value is -2.73. The molecule has 18 heavy (non-hydrogen) atoms. The molecule has 0 heterocycles. The van der Waals surface area contributed by atoms with Crippen LogP contribution in [0.1, 0.15) is 5.56 Å². The van der Waals surface area contributed by atoms with E-state index in [1.807, 2.05) is 48.5 Å². The summed E-state index contributed by atoms with van der Waals surface area (Å²) in [4.78, 5) is 10.4. The normalized spacial score (nSPS) is 9.11. The maximum absolute atomic E-state index is 10.4. The second kappa shape index (κ2) is 5.55. The Bertz CT molecular complexity index is 609. The number of aliphatic carboxylic acids is 1. The standard InChI is InChI=1S/C15H11NO2/c17-15(18)10-9-12-5-4-8-14(11-12)16-13-6-2-1-3-7-13/h1-8,11,16H,(H,17,18). The molecular formula is C15H11NO2. The predicted octanol–water partition coefficient (Wildman–Crippen LogP) is 2.87. The zero-order chi connectivity index (χ0) is 12.8. The molecule has 0 aliphatic rings. The van der Waals surface area contributed by atoms with E-state index < -0.39 is 5.97 Å². The number of rotatable bonds is 2. The summed E-state index contributed by atoms with van der Waals surface area (Å²) in [6, 6.07) is 17.0. The van der Waals surface area contributed by atoms with Gasteiger partial charge in [-0.2, -0.15) is 0 Å². The van der Waals surface area contributed by atoms with E-state index in [4.69, 9.17) is 5.11 Å². The highest BCUT2D eigenvalue weighted by atomic mass is 16.4. The molecule has 2 rings (SSSR count). The van der Waals surface area contributed by atoms with Crippen molar-refractivity contribution < 1.29 is 9.90 Å². The SMILES string of the molecule is O=C(O)C#Cc1cccc(Nc2ccccc2)c1. The van der Waals surface area contributed by atoms with E-state index in [1.165, 1.54) is 0 Å². The second-order valence-electron chi connectivity index (χ2n) is 3.63. The van der Waals surface area contributed by atoms with Gasteiger partial charge in [0.1, 0.15) is 0 Å². The second-order valence-corrected chi connectivity index (χ2v) is 3.63. The summed E-state index contributed by atoms with van der Waals surface area (Å²) in [5.74, 6) is 3.54. The molecular weight excluding hydrogens is 226 g/mol. The van der Waals surface area contributed by atoms with Crippen molar-refractivity contribution in [1.82, 2.24) is 0 Å². The molecule has 2 aromatic carbocycles. The number of hydrogen-bond donors (Lipinski definition) is 2. The van der Waals surface area contributed by atoms with E-state index in [1.54, 1.807) is 6.07 Å². The van der Waals surface area contributed by atoms with Gasteiger partial charge in [-0.3, -0.25) is 0 Å². The lowest BCUT2D eigenvalue weighted by atomic mass is 10.2. The van der Waals surface area contributed by atoms with Gasteiger partial charge in [0.05, 0.1) is 0 Å². The molecule has 0 amide bonds. The van der Waals surface area contributed by atoms with Crippen LogP contribution in [-0.4, -0.2) is 11.1 Å². The van der Waals surface area contributed by atoms with E-state index in [0.29, 0.717) is 5.56 Å². The van der Waals surface area contributed by atoms with Crippen molar-refractivity contribution in [3.05, 3.63) is 60.2 Å². The highest BCUT2D eigenvalue weighted by Crippen LogP contribution is 2.16. The Kier molecular flexibility index (Phi) is 3.62. The topological polar surface area (TPSA) is 49.3 Å². The van der Waals surface area contributed by atoms with Gasteiger partial charge in [-0.15, -0.1) is 0 Å². The maximum Gasteiger partial charge on any atom is 0.382 e. The van der Waals surface area contributed by atoms with Crippen LogP contribution in [0, 0.1) is 11.8 Å². The van der Waals surface area contributed by atoms with Crippen LogP contribution in [0.4, 0.5) is 11.4 Å². The van der Waals surface area contributed by atoms with Crippen LogP contribution in [0.15, 0.2) is 54.6 Å². The monoisotopic (exact) mass is 237 g/mol. The smallest absolute Gasteiger partial charge is 0.382 e. The van der Waals surface area contributed by atoms with Gasteiger partial charge in [-0.25, -0.2) is 4.79 Å². The van der Waals surface area contributed by atoms with Crippen molar-refractivity contribution >= 4 is 17.3 Å². The minimum Gasteiger partial charge on any atom is -0.472 e. The fourth-order valence-corrected chi connectivity index (χ4v) is 1.49. The molecule has 0 fully saturated rings. The highest BCUT2D eigenvalue weighted by molar-refractivity contribution is 5.87. The molecule has 0 aliphatic carbocycles. The zero-order valence-electron chi connectivity index (χ0n) is 9.55. The van der Waals surface area contributed by atoms with Gasteiger partial charge in [-0.05, 0) is 30.3 Å². The largest absolute Gasteiger partial charge is 0.472 e. The first-order chi connectivity index (χ1) is 8.74.